The fraction of sp³-hybridized carbons (Fsp3) is 0.365. The molecule has 0 saturated heterocycles. The number of likely N-dealkylation sites (N-methyl/N-ethyl adjacent to an activating group) is 2. The molecule has 5 aromatic rings. The van der Waals surface area contributed by atoms with E-state index in [0.29, 0.717) is 52.0 Å². The van der Waals surface area contributed by atoms with Gasteiger partial charge in [0.2, 0.25) is 5.91 Å². The van der Waals surface area contributed by atoms with Crippen LogP contribution in [0.25, 0.3) is 21.5 Å². The number of anilines is 2. The highest BCUT2D eigenvalue weighted by Gasteiger charge is 2.39. The molecule has 6 amide bonds. The van der Waals surface area contributed by atoms with Gasteiger partial charge in [-0.1, -0.05) is 48.5 Å². The van der Waals surface area contributed by atoms with Crippen molar-refractivity contribution in [3.63, 3.8) is 0 Å². The molecule has 4 heterocycles. The first-order valence-corrected chi connectivity index (χ1v) is 25.3. The van der Waals surface area contributed by atoms with E-state index in [9.17, 15) is 33.6 Å². The minimum Gasteiger partial charge on any atom is -0.426 e. The molecule has 0 bridgehead atoms. The topological polar surface area (TPSA) is 182 Å². The number of carbonyl (C=O) groups is 7. The lowest BCUT2D eigenvalue weighted by Crippen LogP contribution is -2.38. The smallest absolute Gasteiger partial charge is 0.415 e. The third-order valence-electron chi connectivity index (χ3n) is 12.7. The Morgan fingerprint density at radius 2 is 1.08 bits per heavy atom. The van der Waals surface area contributed by atoms with Crippen molar-refractivity contribution in [2.24, 2.45) is 0 Å². The molecule has 1 aromatic heterocycles. The summed E-state index contributed by atoms with van der Waals surface area (Å²) in [6.45, 7) is 3.97. The zero-order valence-electron chi connectivity index (χ0n) is 39.9. The molecule has 4 aromatic carbocycles. The van der Waals surface area contributed by atoms with Gasteiger partial charge >= 0.3 is 12.1 Å². The highest BCUT2D eigenvalue weighted by atomic mass is 35.5. The minimum absolute atomic E-state index is 0.124. The number of benzene rings is 4. The van der Waals surface area contributed by atoms with Gasteiger partial charge in [-0.3, -0.25) is 33.7 Å². The van der Waals surface area contributed by atoms with E-state index in [0.717, 1.165) is 43.5 Å². The molecule has 20 heteroatoms. The molecule has 0 radical (unpaired) electrons. The summed E-state index contributed by atoms with van der Waals surface area (Å²) < 4.78 is 28.1. The van der Waals surface area contributed by atoms with Crippen molar-refractivity contribution < 1.29 is 57.2 Å². The van der Waals surface area contributed by atoms with Crippen molar-refractivity contribution in [2.45, 2.75) is 25.2 Å². The summed E-state index contributed by atoms with van der Waals surface area (Å²) in [6, 6.07) is 21.6. The first-order chi connectivity index (χ1) is 34.8. The fourth-order valence-electron chi connectivity index (χ4n) is 9.01. The summed E-state index contributed by atoms with van der Waals surface area (Å²) >= 11 is 14.1. The number of halogens is 2. The van der Waals surface area contributed by atoms with Gasteiger partial charge < -0.3 is 43.3 Å². The van der Waals surface area contributed by atoms with E-state index in [1.165, 1.54) is 28.9 Å². The van der Waals surface area contributed by atoms with Crippen LogP contribution in [0, 0.1) is 0 Å². The summed E-state index contributed by atoms with van der Waals surface area (Å²) in [5, 5.41) is 3.01. The molecule has 72 heavy (non-hydrogen) atoms. The molecule has 2 atom stereocenters. The Morgan fingerprint density at radius 3 is 1.58 bits per heavy atom. The van der Waals surface area contributed by atoms with E-state index in [1.54, 1.807) is 48.2 Å². The Morgan fingerprint density at radius 1 is 0.625 bits per heavy atom. The Balaban J connectivity index is 0.861. The third kappa shape index (κ3) is 11.3. The fourth-order valence-corrected chi connectivity index (χ4v) is 10.4. The van der Waals surface area contributed by atoms with Gasteiger partial charge in [0, 0.05) is 106 Å². The number of thiophene rings is 1. The zero-order chi connectivity index (χ0) is 51.1. The number of rotatable bonds is 21. The molecule has 0 N–H and O–H groups in total. The van der Waals surface area contributed by atoms with Gasteiger partial charge in [-0.25, -0.2) is 4.79 Å². The van der Waals surface area contributed by atoms with Crippen molar-refractivity contribution in [3.05, 3.63) is 106 Å². The minimum atomic E-state index is -0.664. The molecular formula is C52H53Cl2N5O12S. The number of carbonyl (C=O) groups excluding carboxylic acids is 7. The summed E-state index contributed by atoms with van der Waals surface area (Å²) in [7, 11) is 3.21. The summed E-state index contributed by atoms with van der Waals surface area (Å²) in [6.07, 6.45) is 1.91. The maximum absolute atomic E-state index is 14.5. The molecule has 17 nitrogen and oxygen atoms in total. The van der Waals surface area contributed by atoms with E-state index in [1.807, 2.05) is 48.5 Å². The van der Waals surface area contributed by atoms with Crippen molar-refractivity contribution in [1.29, 1.82) is 0 Å². The quantitative estimate of drug-likeness (QED) is 0.0237. The van der Waals surface area contributed by atoms with Crippen LogP contribution in [-0.2, 0) is 33.4 Å². The number of amides is 6. The predicted octanol–water partition coefficient (Wildman–Crippen LogP) is 7.20. The SMILES string of the molecule is CC(=O)Oc1cc2c(c3ccccc13)[C@H](CCl)CN2C(=O)c1ccc(C(=O)N2CC(CCl)c3c2cc(OC(=O)N(C)CCN(C)C(=O)CCOCCOCCOCCN2C(=O)C=CC2=O)c2ccccc32)s1. The first kappa shape index (κ1) is 51.9. The number of hydrogen-bond acceptors (Lipinski definition) is 13. The molecule has 3 aliphatic heterocycles. The lowest BCUT2D eigenvalue weighted by Gasteiger charge is -2.23. The van der Waals surface area contributed by atoms with Crippen LogP contribution in [0.3, 0.4) is 0 Å². The van der Waals surface area contributed by atoms with Gasteiger partial charge in [-0.15, -0.1) is 34.5 Å². The highest BCUT2D eigenvalue weighted by Crippen LogP contribution is 2.48. The van der Waals surface area contributed by atoms with E-state index in [-0.39, 0.29) is 118 Å². The Hall–Kier alpha value is -6.41. The Labute approximate surface area is 429 Å². The van der Waals surface area contributed by atoms with Crippen LogP contribution >= 0.6 is 34.5 Å². The molecule has 8 rings (SSSR count). The van der Waals surface area contributed by atoms with Crippen molar-refractivity contribution in [2.75, 3.05) is 108 Å². The standard InChI is InChI=1S/C52H53Cl2N5O12S/c1-32(60)70-41-26-39-48(37-10-6-4-8-35(37)41)33(28-53)30-58(39)50(64)43-12-13-44(72-43)51(65)59-31-34(29-54)49-38-11-7-5-9-36(38)42(27-40(49)59)71-52(66)56(3)18-17-55(2)45(61)16-20-67-22-24-69-25-23-68-21-19-57-46(62)14-15-47(57)63/h4-15,26-27,33-34H,16-25,28-31H2,1-3H3/t33-,34?/m1/s1. The summed E-state index contributed by atoms with van der Waals surface area (Å²) in [5.74, 6) is -1.42. The van der Waals surface area contributed by atoms with Crippen LogP contribution in [0.1, 0.15) is 55.7 Å². The summed E-state index contributed by atoms with van der Waals surface area (Å²) in [5.41, 5.74) is 2.86. The second-order valence-corrected chi connectivity index (χ2v) is 19.1. The maximum Gasteiger partial charge on any atom is 0.415 e. The van der Waals surface area contributed by atoms with Crippen LogP contribution in [0.5, 0.6) is 11.5 Å². The monoisotopic (exact) mass is 1040 g/mol. The number of alkyl halides is 2. The van der Waals surface area contributed by atoms with Gasteiger partial charge in [0.1, 0.15) is 11.5 Å². The second-order valence-electron chi connectivity index (χ2n) is 17.4. The predicted molar refractivity (Wildman–Crippen MR) is 273 cm³/mol. The van der Waals surface area contributed by atoms with Crippen molar-refractivity contribution in [1.82, 2.24) is 14.7 Å². The van der Waals surface area contributed by atoms with Gasteiger partial charge in [-0.2, -0.15) is 0 Å². The van der Waals surface area contributed by atoms with Gasteiger partial charge in [-0.05, 0) is 34.0 Å². The van der Waals surface area contributed by atoms with E-state index in [2.05, 4.69) is 0 Å². The van der Waals surface area contributed by atoms with E-state index >= 15 is 0 Å². The van der Waals surface area contributed by atoms with Crippen molar-refractivity contribution in [3.8, 4) is 11.5 Å². The average molecular weight is 1040 g/mol. The second kappa shape index (κ2) is 23.4. The number of nitrogens with zero attached hydrogens (tertiary/aromatic N) is 5. The summed E-state index contributed by atoms with van der Waals surface area (Å²) in [4.78, 5) is 98.5. The molecule has 0 fully saturated rings. The highest BCUT2D eigenvalue weighted by molar-refractivity contribution is 7.16. The molecular weight excluding hydrogens is 990 g/mol. The number of imide groups is 1. The number of fused-ring (bicyclic) bond motifs is 6. The van der Waals surface area contributed by atoms with Crippen LogP contribution in [0.2, 0.25) is 0 Å². The molecule has 0 spiro atoms. The maximum atomic E-state index is 14.5. The van der Waals surface area contributed by atoms with Gasteiger partial charge in [0.05, 0.1) is 73.7 Å². The van der Waals surface area contributed by atoms with Gasteiger partial charge in [0.15, 0.2) is 0 Å². The number of esters is 1. The van der Waals surface area contributed by atoms with E-state index < -0.39 is 12.1 Å². The van der Waals surface area contributed by atoms with Gasteiger partial charge in [0.25, 0.3) is 23.6 Å². The first-order valence-electron chi connectivity index (χ1n) is 23.4. The Bertz CT molecular complexity index is 2930. The number of hydrogen-bond donors (Lipinski definition) is 0. The van der Waals surface area contributed by atoms with Crippen LogP contribution in [0.4, 0.5) is 16.2 Å². The molecule has 0 saturated carbocycles. The zero-order valence-corrected chi connectivity index (χ0v) is 42.3. The molecule has 0 aliphatic carbocycles. The normalized spacial score (nSPS) is 15.9. The van der Waals surface area contributed by atoms with Crippen LogP contribution in [0.15, 0.2) is 84.9 Å². The largest absolute Gasteiger partial charge is 0.426 e. The number of ether oxygens (including phenoxy) is 5. The van der Waals surface area contributed by atoms with Crippen molar-refractivity contribution >= 4 is 109 Å². The van der Waals surface area contributed by atoms with Crippen LogP contribution < -0.4 is 19.3 Å². The molecule has 1 unspecified atom stereocenters. The van der Waals surface area contributed by atoms with E-state index in [4.69, 9.17) is 46.9 Å². The lowest BCUT2D eigenvalue weighted by atomic mass is 9.95. The molecule has 378 valence electrons. The van der Waals surface area contributed by atoms with Crippen LogP contribution in [-0.4, -0.2) is 155 Å². The third-order valence-corrected chi connectivity index (χ3v) is 14.5. The lowest BCUT2D eigenvalue weighted by molar-refractivity contribution is -0.138. The average Bonchev–Trinajstić information content (AvgIpc) is 4.19. The molecule has 3 aliphatic rings. The Kier molecular flexibility index (Phi) is 16.9.